The lowest BCUT2D eigenvalue weighted by Crippen LogP contribution is -2.45. The summed E-state index contributed by atoms with van der Waals surface area (Å²) in [5.74, 6) is 0.153. The van der Waals surface area contributed by atoms with Crippen LogP contribution in [0.15, 0.2) is 41.8 Å². The van der Waals surface area contributed by atoms with Crippen molar-refractivity contribution in [2.75, 3.05) is 26.7 Å². The van der Waals surface area contributed by atoms with Gasteiger partial charge in [0.05, 0.1) is 17.9 Å². The third-order valence-electron chi connectivity index (χ3n) is 3.87. The predicted molar refractivity (Wildman–Crippen MR) is 87.7 cm³/mol. The van der Waals surface area contributed by atoms with Crippen molar-refractivity contribution in [3.8, 4) is 5.75 Å². The Labute approximate surface area is 137 Å². The number of benzene rings is 1. The molecule has 0 unspecified atom stereocenters. The summed E-state index contributed by atoms with van der Waals surface area (Å²) in [5, 5.41) is 2.73. The van der Waals surface area contributed by atoms with Crippen molar-refractivity contribution in [2.24, 2.45) is 5.92 Å². The third kappa shape index (κ3) is 4.11. The smallest absolute Gasteiger partial charge is 0.243 e. The lowest BCUT2D eigenvalue weighted by molar-refractivity contribution is -0.125. The van der Waals surface area contributed by atoms with Crippen LogP contribution in [-0.2, 0) is 14.8 Å². The molecular weight excluding hydrogens is 316 g/mol. The average Bonchev–Trinajstić information content (AvgIpc) is 2.59. The lowest BCUT2D eigenvalue weighted by Gasteiger charge is -2.31. The van der Waals surface area contributed by atoms with E-state index in [9.17, 15) is 13.2 Å². The number of rotatable bonds is 6. The Hall–Kier alpha value is -1.86. The van der Waals surface area contributed by atoms with Gasteiger partial charge in [-0.2, -0.15) is 4.31 Å². The molecule has 1 amide bonds. The number of amides is 1. The standard InChI is InChI=1S/C16H22N2O4S/c1-3-10-17-16(19)13-5-4-11-18(12-13)23(20,21)15-8-6-14(22-2)7-9-15/h3,6-9,13H,1,4-5,10-12H2,2H3,(H,17,19)/t13-/m0/s1. The van der Waals surface area contributed by atoms with E-state index in [0.29, 0.717) is 31.7 Å². The molecule has 1 aromatic carbocycles. The second-order valence-electron chi connectivity index (χ2n) is 5.41. The van der Waals surface area contributed by atoms with Crippen LogP contribution in [0.2, 0.25) is 0 Å². The first-order chi connectivity index (χ1) is 11.0. The normalized spacial score (nSPS) is 19.1. The number of hydrogen-bond acceptors (Lipinski definition) is 4. The molecule has 23 heavy (non-hydrogen) atoms. The fraction of sp³-hybridized carbons (Fsp3) is 0.438. The summed E-state index contributed by atoms with van der Waals surface area (Å²) < 4.78 is 31.8. The number of carbonyl (C=O) groups excluding carboxylic acids is 1. The maximum absolute atomic E-state index is 12.7. The van der Waals surface area contributed by atoms with Gasteiger partial charge in [-0.05, 0) is 37.1 Å². The zero-order valence-corrected chi connectivity index (χ0v) is 14.0. The minimum atomic E-state index is -3.60. The first-order valence-corrected chi connectivity index (χ1v) is 8.96. The fourth-order valence-electron chi connectivity index (χ4n) is 2.59. The SMILES string of the molecule is C=CCNC(=O)[C@H]1CCCN(S(=O)(=O)c2ccc(OC)cc2)C1. The molecule has 1 aromatic rings. The largest absolute Gasteiger partial charge is 0.497 e. The number of nitrogens with one attached hydrogen (secondary N) is 1. The Morgan fingerprint density at radius 3 is 2.74 bits per heavy atom. The Bertz CT molecular complexity index is 655. The van der Waals surface area contributed by atoms with Crippen molar-refractivity contribution in [1.82, 2.24) is 9.62 Å². The number of sulfonamides is 1. The number of carbonyl (C=O) groups is 1. The van der Waals surface area contributed by atoms with Crippen LogP contribution < -0.4 is 10.1 Å². The average molecular weight is 338 g/mol. The molecule has 1 aliphatic rings. The molecule has 0 radical (unpaired) electrons. The Balaban J connectivity index is 2.12. The van der Waals surface area contributed by atoms with Gasteiger partial charge in [0.1, 0.15) is 5.75 Å². The van der Waals surface area contributed by atoms with Crippen LogP contribution in [0.1, 0.15) is 12.8 Å². The van der Waals surface area contributed by atoms with Crippen LogP contribution in [0.3, 0.4) is 0 Å². The molecule has 1 aliphatic heterocycles. The summed E-state index contributed by atoms with van der Waals surface area (Å²) in [6.07, 6.45) is 2.96. The van der Waals surface area contributed by atoms with E-state index in [-0.39, 0.29) is 23.3 Å². The number of piperidine rings is 1. The molecule has 1 heterocycles. The molecule has 0 spiro atoms. The van der Waals surface area contributed by atoms with Crippen LogP contribution in [0.5, 0.6) is 5.75 Å². The van der Waals surface area contributed by atoms with Gasteiger partial charge in [-0.1, -0.05) is 6.08 Å². The topological polar surface area (TPSA) is 75.7 Å². The summed E-state index contributed by atoms with van der Waals surface area (Å²) in [4.78, 5) is 12.3. The minimum Gasteiger partial charge on any atom is -0.497 e. The van der Waals surface area contributed by atoms with Gasteiger partial charge < -0.3 is 10.1 Å². The van der Waals surface area contributed by atoms with Crippen molar-refractivity contribution in [3.63, 3.8) is 0 Å². The molecule has 1 saturated heterocycles. The lowest BCUT2D eigenvalue weighted by atomic mass is 9.99. The van der Waals surface area contributed by atoms with Crippen LogP contribution in [0.25, 0.3) is 0 Å². The molecule has 6 nitrogen and oxygen atoms in total. The second kappa shape index (κ2) is 7.61. The summed E-state index contributed by atoms with van der Waals surface area (Å²) in [6, 6.07) is 6.28. The van der Waals surface area contributed by atoms with Crippen molar-refractivity contribution in [2.45, 2.75) is 17.7 Å². The summed E-state index contributed by atoms with van der Waals surface area (Å²) >= 11 is 0. The minimum absolute atomic E-state index is 0.125. The highest BCUT2D eigenvalue weighted by molar-refractivity contribution is 7.89. The molecule has 1 atom stereocenters. The Kier molecular flexibility index (Phi) is 5.79. The Morgan fingerprint density at radius 1 is 1.43 bits per heavy atom. The van der Waals surface area contributed by atoms with Crippen molar-refractivity contribution in [1.29, 1.82) is 0 Å². The van der Waals surface area contributed by atoms with Crippen LogP contribution >= 0.6 is 0 Å². The third-order valence-corrected chi connectivity index (χ3v) is 5.75. The van der Waals surface area contributed by atoms with E-state index in [2.05, 4.69) is 11.9 Å². The van der Waals surface area contributed by atoms with Crippen LogP contribution in [-0.4, -0.2) is 45.4 Å². The molecule has 0 aliphatic carbocycles. The zero-order chi connectivity index (χ0) is 16.9. The summed E-state index contributed by atoms with van der Waals surface area (Å²) in [7, 11) is -2.07. The van der Waals surface area contributed by atoms with E-state index in [0.717, 1.165) is 0 Å². The van der Waals surface area contributed by atoms with Gasteiger partial charge in [0, 0.05) is 19.6 Å². The first kappa shape index (κ1) is 17.5. The maximum atomic E-state index is 12.7. The second-order valence-corrected chi connectivity index (χ2v) is 7.35. The quantitative estimate of drug-likeness (QED) is 0.796. The number of ether oxygens (including phenoxy) is 1. The number of methoxy groups -OCH3 is 1. The van der Waals surface area contributed by atoms with Crippen molar-refractivity contribution < 1.29 is 17.9 Å². The van der Waals surface area contributed by atoms with Gasteiger partial charge in [-0.25, -0.2) is 8.42 Å². The number of nitrogens with zero attached hydrogens (tertiary/aromatic N) is 1. The zero-order valence-electron chi connectivity index (χ0n) is 13.2. The van der Waals surface area contributed by atoms with Gasteiger partial charge in [0.15, 0.2) is 0 Å². The predicted octanol–water partition coefficient (Wildman–Crippen LogP) is 1.40. The van der Waals surface area contributed by atoms with Gasteiger partial charge in [-0.15, -0.1) is 6.58 Å². The van der Waals surface area contributed by atoms with E-state index in [4.69, 9.17) is 4.74 Å². The highest BCUT2D eigenvalue weighted by atomic mass is 32.2. The number of hydrogen-bond donors (Lipinski definition) is 1. The highest BCUT2D eigenvalue weighted by Crippen LogP contribution is 2.25. The van der Waals surface area contributed by atoms with Crippen LogP contribution in [0.4, 0.5) is 0 Å². The molecule has 1 fully saturated rings. The molecule has 0 bridgehead atoms. The molecule has 7 heteroatoms. The molecular formula is C16H22N2O4S. The first-order valence-electron chi connectivity index (χ1n) is 7.52. The van der Waals surface area contributed by atoms with E-state index in [1.54, 1.807) is 18.2 Å². The maximum Gasteiger partial charge on any atom is 0.243 e. The van der Waals surface area contributed by atoms with Gasteiger partial charge in [-0.3, -0.25) is 4.79 Å². The van der Waals surface area contributed by atoms with E-state index in [1.807, 2.05) is 0 Å². The monoisotopic (exact) mass is 338 g/mol. The summed E-state index contributed by atoms with van der Waals surface area (Å²) in [5.41, 5.74) is 0. The van der Waals surface area contributed by atoms with E-state index >= 15 is 0 Å². The molecule has 1 N–H and O–H groups in total. The van der Waals surface area contributed by atoms with Crippen molar-refractivity contribution >= 4 is 15.9 Å². The molecule has 2 rings (SSSR count). The van der Waals surface area contributed by atoms with E-state index in [1.165, 1.54) is 23.5 Å². The molecule has 0 aromatic heterocycles. The van der Waals surface area contributed by atoms with Gasteiger partial charge >= 0.3 is 0 Å². The summed E-state index contributed by atoms with van der Waals surface area (Å²) in [6.45, 7) is 4.58. The van der Waals surface area contributed by atoms with Crippen molar-refractivity contribution in [3.05, 3.63) is 36.9 Å². The molecule has 126 valence electrons. The Morgan fingerprint density at radius 2 is 2.13 bits per heavy atom. The van der Waals surface area contributed by atoms with Gasteiger partial charge in [0.25, 0.3) is 0 Å². The molecule has 0 saturated carbocycles. The van der Waals surface area contributed by atoms with E-state index < -0.39 is 10.0 Å². The van der Waals surface area contributed by atoms with Gasteiger partial charge in [0.2, 0.25) is 15.9 Å². The van der Waals surface area contributed by atoms with Crippen LogP contribution in [0, 0.1) is 5.92 Å². The fourth-order valence-corrected chi connectivity index (χ4v) is 4.11. The highest BCUT2D eigenvalue weighted by Gasteiger charge is 2.33.